The Balaban J connectivity index is 1.35. The Morgan fingerprint density at radius 1 is 0.966 bits per heavy atom. The minimum absolute atomic E-state index is 0.757. The van der Waals surface area contributed by atoms with Crippen LogP contribution in [0.1, 0.15) is 46.4 Å². The van der Waals surface area contributed by atoms with Gasteiger partial charge in [-0.25, -0.2) is 9.97 Å². The van der Waals surface area contributed by atoms with Crippen LogP contribution < -0.4 is 0 Å². The van der Waals surface area contributed by atoms with Crippen molar-refractivity contribution >= 4 is 17.0 Å². The van der Waals surface area contributed by atoms with Crippen molar-refractivity contribution in [1.29, 1.82) is 0 Å². The van der Waals surface area contributed by atoms with E-state index in [1.807, 2.05) is 6.20 Å². The molecule has 0 fully saturated rings. The van der Waals surface area contributed by atoms with Gasteiger partial charge in [0.05, 0.1) is 0 Å². The third-order valence-electron chi connectivity index (χ3n) is 5.74. The summed E-state index contributed by atoms with van der Waals surface area (Å²) < 4.78 is 0. The normalized spacial score (nSPS) is 13.0. The maximum Gasteiger partial charge on any atom is 0.133 e. The van der Waals surface area contributed by atoms with Gasteiger partial charge >= 0.3 is 0 Å². The molecule has 0 amide bonds. The summed E-state index contributed by atoms with van der Waals surface area (Å²) in [5.41, 5.74) is 10.3. The number of aromatic amines is 1. The number of rotatable bonds is 5. The molecule has 144 valence electrons. The van der Waals surface area contributed by atoms with Crippen LogP contribution >= 0.6 is 0 Å². The number of aryl methyl sites for hydroxylation is 3. The molecule has 0 unspecified atom stereocenters. The van der Waals surface area contributed by atoms with Gasteiger partial charge < -0.3 is 4.98 Å². The predicted octanol–water partition coefficient (Wildman–Crippen LogP) is 5.60. The van der Waals surface area contributed by atoms with E-state index in [1.54, 1.807) is 0 Å². The number of aromatic nitrogens is 3. The smallest absolute Gasteiger partial charge is 0.133 e. The van der Waals surface area contributed by atoms with Gasteiger partial charge in [0.1, 0.15) is 5.82 Å². The summed E-state index contributed by atoms with van der Waals surface area (Å²) in [5.74, 6) is 0.904. The SMILES string of the molecule is CC1=Cc2cc(CCc3cc(C)nc(Cc4cccc5[nH]ccc45)n3)ccc2C1. The van der Waals surface area contributed by atoms with Gasteiger partial charge in [-0.3, -0.25) is 0 Å². The van der Waals surface area contributed by atoms with Crippen molar-refractivity contribution in [3.63, 3.8) is 0 Å². The van der Waals surface area contributed by atoms with Crippen LogP contribution in [0.2, 0.25) is 0 Å². The van der Waals surface area contributed by atoms with E-state index in [0.29, 0.717) is 0 Å². The quantitative estimate of drug-likeness (QED) is 0.490. The molecule has 0 spiro atoms. The van der Waals surface area contributed by atoms with Crippen LogP contribution in [0.5, 0.6) is 0 Å². The second-order valence-corrected chi connectivity index (χ2v) is 8.15. The average Bonchev–Trinajstić information content (AvgIpc) is 3.31. The number of nitrogens with one attached hydrogen (secondary N) is 1. The first-order valence-electron chi connectivity index (χ1n) is 10.3. The van der Waals surface area contributed by atoms with Gasteiger partial charge in [-0.05, 0) is 73.6 Å². The molecule has 2 heterocycles. The molecule has 3 nitrogen and oxygen atoms in total. The fourth-order valence-electron chi connectivity index (χ4n) is 4.37. The Morgan fingerprint density at radius 3 is 2.83 bits per heavy atom. The minimum Gasteiger partial charge on any atom is -0.361 e. The summed E-state index contributed by atoms with van der Waals surface area (Å²) in [7, 11) is 0. The first-order chi connectivity index (χ1) is 14.1. The number of H-pyrrole nitrogens is 1. The van der Waals surface area contributed by atoms with Gasteiger partial charge in [-0.15, -0.1) is 0 Å². The van der Waals surface area contributed by atoms with Gasteiger partial charge in [0.2, 0.25) is 0 Å². The zero-order valence-corrected chi connectivity index (χ0v) is 17.0. The molecule has 2 aromatic carbocycles. The van der Waals surface area contributed by atoms with Crippen molar-refractivity contribution in [3.8, 4) is 0 Å². The standard InChI is InChI=1S/C26H25N3/c1-17-12-20-8-6-19(15-22(20)13-17)7-9-23-14-18(2)28-26(29-23)16-21-4-3-5-25-24(21)10-11-27-25/h3-6,8,10-11,13-15,27H,7,9,12,16H2,1-2H3. The Hall–Kier alpha value is -3.20. The van der Waals surface area contributed by atoms with Crippen molar-refractivity contribution in [2.75, 3.05) is 0 Å². The molecular formula is C26H25N3. The van der Waals surface area contributed by atoms with Gasteiger partial charge in [0, 0.05) is 34.9 Å². The third kappa shape index (κ3) is 3.73. The maximum atomic E-state index is 4.89. The summed E-state index contributed by atoms with van der Waals surface area (Å²) >= 11 is 0. The lowest BCUT2D eigenvalue weighted by atomic mass is 10.0. The van der Waals surface area contributed by atoms with Crippen molar-refractivity contribution < 1.29 is 0 Å². The van der Waals surface area contributed by atoms with E-state index in [2.05, 4.69) is 73.4 Å². The molecule has 0 atom stereocenters. The monoisotopic (exact) mass is 379 g/mol. The number of hydrogen-bond donors (Lipinski definition) is 1. The topological polar surface area (TPSA) is 41.6 Å². The molecule has 5 rings (SSSR count). The summed E-state index contributed by atoms with van der Waals surface area (Å²) in [6, 6.07) is 17.5. The maximum absolute atomic E-state index is 4.89. The first kappa shape index (κ1) is 17.9. The van der Waals surface area contributed by atoms with E-state index in [1.165, 1.54) is 33.2 Å². The zero-order chi connectivity index (χ0) is 19.8. The molecule has 0 saturated heterocycles. The Morgan fingerprint density at radius 2 is 1.90 bits per heavy atom. The molecule has 1 aliphatic rings. The van der Waals surface area contributed by atoms with Crippen molar-refractivity contribution in [3.05, 3.63) is 99.8 Å². The second kappa shape index (κ2) is 7.32. The van der Waals surface area contributed by atoms with Crippen molar-refractivity contribution in [2.45, 2.75) is 39.5 Å². The van der Waals surface area contributed by atoms with Crippen LogP contribution in [0, 0.1) is 6.92 Å². The predicted molar refractivity (Wildman–Crippen MR) is 119 cm³/mol. The highest BCUT2D eigenvalue weighted by Gasteiger charge is 2.11. The molecule has 0 bridgehead atoms. The van der Waals surface area contributed by atoms with Crippen molar-refractivity contribution in [1.82, 2.24) is 15.0 Å². The van der Waals surface area contributed by atoms with Crippen LogP contribution in [0.15, 0.2) is 60.3 Å². The minimum atomic E-state index is 0.757. The Kier molecular flexibility index (Phi) is 4.51. The summed E-state index contributed by atoms with van der Waals surface area (Å²) in [5, 5.41) is 1.25. The average molecular weight is 380 g/mol. The van der Waals surface area contributed by atoms with Crippen LogP contribution in [-0.4, -0.2) is 15.0 Å². The van der Waals surface area contributed by atoms with E-state index in [0.717, 1.165) is 48.4 Å². The van der Waals surface area contributed by atoms with E-state index < -0.39 is 0 Å². The lowest BCUT2D eigenvalue weighted by molar-refractivity contribution is 0.848. The summed E-state index contributed by atoms with van der Waals surface area (Å²) in [4.78, 5) is 12.9. The zero-order valence-electron chi connectivity index (χ0n) is 17.0. The van der Waals surface area contributed by atoms with Gasteiger partial charge in [0.25, 0.3) is 0 Å². The highest BCUT2D eigenvalue weighted by Crippen LogP contribution is 2.26. The third-order valence-corrected chi connectivity index (χ3v) is 5.74. The van der Waals surface area contributed by atoms with Crippen LogP contribution in [0.3, 0.4) is 0 Å². The molecule has 0 saturated carbocycles. The molecule has 3 heteroatoms. The molecule has 0 aliphatic heterocycles. The van der Waals surface area contributed by atoms with E-state index in [4.69, 9.17) is 9.97 Å². The first-order valence-corrected chi connectivity index (χ1v) is 10.3. The number of nitrogens with zero attached hydrogens (tertiary/aromatic N) is 2. The van der Waals surface area contributed by atoms with Gasteiger partial charge in [-0.2, -0.15) is 0 Å². The molecule has 0 radical (unpaired) electrons. The van der Waals surface area contributed by atoms with E-state index in [-0.39, 0.29) is 0 Å². The van der Waals surface area contributed by atoms with Crippen LogP contribution in [-0.2, 0) is 25.7 Å². The molecule has 4 aromatic rings. The fourth-order valence-corrected chi connectivity index (χ4v) is 4.37. The highest BCUT2D eigenvalue weighted by atomic mass is 14.9. The largest absolute Gasteiger partial charge is 0.361 e. The van der Waals surface area contributed by atoms with Gasteiger partial charge in [0.15, 0.2) is 0 Å². The van der Waals surface area contributed by atoms with Crippen LogP contribution in [0.25, 0.3) is 17.0 Å². The lowest BCUT2D eigenvalue weighted by Gasteiger charge is -2.08. The molecule has 1 aliphatic carbocycles. The number of hydrogen-bond acceptors (Lipinski definition) is 2. The number of allylic oxidation sites excluding steroid dienone is 1. The van der Waals surface area contributed by atoms with Gasteiger partial charge in [-0.1, -0.05) is 42.0 Å². The molecule has 29 heavy (non-hydrogen) atoms. The lowest BCUT2D eigenvalue weighted by Crippen LogP contribution is -2.04. The van der Waals surface area contributed by atoms with Crippen LogP contribution in [0.4, 0.5) is 0 Å². The highest BCUT2D eigenvalue weighted by molar-refractivity contribution is 5.83. The summed E-state index contributed by atoms with van der Waals surface area (Å²) in [6.45, 7) is 4.27. The molecule has 2 aromatic heterocycles. The summed E-state index contributed by atoms with van der Waals surface area (Å²) in [6.07, 6.45) is 8.10. The molecular weight excluding hydrogens is 354 g/mol. The fraction of sp³-hybridized carbons (Fsp3) is 0.231. The Labute approximate surface area is 171 Å². The number of fused-ring (bicyclic) bond motifs is 2. The second-order valence-electron chi connectivity index (χ2n) is 8.15. The van der Waals surface area contributed by atoms with E-state index >= 15 is 0 Å². The molecule has 1 N–H and O–H groups in total. The Bertz CT molecular complexity index is 1230. The number of benzene rings is 2. The van der Waals surface area contributed by atoms with Crippen molar-refractivity contribution in [2.24, 2.45) is 0 Å². The van der Waals surface area contributed by atoms with E-state index in [9.17, 15) is 0 Å².